The molecule has 1 aliphatic heterocycles. The third-order valence-electron chi connectivity index (χ3n) is 3.84. The van der Waals surface area contributed by atoms with E-state index in [0.717, 1.165) is 18.4 Å². The third kappa shape index (κ3) is 1.88. The van der Waals surface area contributed by atoms with Gasteiger partial charge in [0, 0.05) is 21.9 Å². The van der Waals surface area contributed by atoms with Crippen molar-refractivity contribution in [3.05, 3.63) is 57.5 Å². The molecule has 0 saturated carbocycles. The van der Waals surface area contributed by atoms with Gasteiger partial charge in [-0.1, -0.05) is 44.2 Å². The Labute approximate surface area is 123 Å². The van der Waals surface area contributed by atoms with Gasteiger partial charge in [0.05, 0.1) is 4.91 Å². The smallest absolute Gasteiger partial charge is 0.200 e. The van der Waals surface area contributed by atoms with Gasteiger partial charge in [0.25, 0.3) is 0 Å². The van der Waals surface area contributed by atoms with Crippen LogP contribution in [0.5, 0.6) is 0 Å². The summed E-state index contributed by atoms with van der Waals surface area (Å²) in [6, 6.07) is 7.14. The minimum atomic E-state index is 0.00496. The molecule has 0 spiro atoms. The fourth-order valence-corrected chi connectivity index (χ4v) is 4.01. The molecule has 102 valence electrons. The molecular formula is C17H16O2S. The summed E-state index contributed by atoms with van der Waals surface area (Å²) in [5.74, 6) is 0.0167. The Kier molecular flexibility index (Phi) is 3.38. The first-order chi connectivity index (χ1) is 9.67. The molecule has 0 saturated heterocycles. The second-order valence-corrected chi connectivity index (χ2v) is 6.27. The summed E-state index contributed by atoms with van der Waals surface area (Å²) >= 11 is 1.54. The summed E-state index contributed by atoms with van der Waals surface area (Å²) in [6.45, 7) is 4.15. The zero-order chi connectivity index (χ0) is 14.3. The fourth-order valence-electron chi connectivity index (χ4n) is 2.75. The van der Waals surface area contributed by atoms with Gasteiger partial charge in [0.2, 0.25) is 5.78 Å². The van der Waals surface area contributed by atoms with Gasteiger partial charge in [0.15, 0.2) is 5.78 Å². The van der Waals surface area contributed by atoms with Crippen molar-refractivity contribution in [2.24, 2.45) is 0 Å². The van der Waals surface area contributed by atoms with Crippen LogP contribution in [-0.2, 0) is 0 Å². The molecule has 0 bridgehead atoms. The molecule has 0 radical (unpaired) electrons. The normalized spacial score (nSPS) is 21.5. The first-order valence-corrected chi connectivity index (χ1v) is 7.85. The molecule has 2 nitrogen and oxygen atoms in total. The molecule has 1 unspecified atom stereocenters. The number of fused-ring (bicyclic) bond motifs is 1. The molecule has 20 heavy (non-hydrogen) atoms. The lowest BCUT2D eigenvalue weighted by Crippen LogP contribution is -2.25. The van der Waals surface area contributed by atoms with E-state index in [2.05, 4.69) is 13.0 Å². The van der Waals surface area contributed by atoms with E-state index in [0.29, 0.717) is 26.9 Å². The summed E-state index contributed by atoms with van der Waals surface area (Å²) in [5, 5.41) is 0.297. The van der Waals surface area contributed by atoms with E-state index >= 15 is 0 Å². The highest BCUT2D eigenvalue weighted by Gasteiger charge is 2.36. The molecule has 0 fully saturated rings. The highest BCUT2D eigenvalue weighted by molar-refractivity contribution is 8.04. The van der Waals surface area contributed by atoms with E-state index in [1.807, 2.05) is 19.1 Å². The molecular weight excluding hydrogens is 268 g/mol. The van der Waals surface area contributed by atoms with Gasteiger partial charge in [-0.15, -0.1) is 11.8 Å². The van der Waals surface area contributed by atoms with Crippen molar-refractivity contribution < 1.29 is 9.59 Å². The van der Waals surface area contributed by atoms with Crippen molar-refractivity contribution in [2.75, 3.05) is 0 Å². The number of benzene rings is 1. The Morgan fingerprint density at radius 2 is 1.70 bits per heavy atom. The van der Waals surface area contributed by atoms with Crippen molar-refractivity contribution >= 4 is 23.3 Å². The van der Waals surface area contributed by atoms with Crippen LogP contribution in [0.25, 0.3) is 0 Å². The van der Waals surface area contributed by atoms with Crippen LogP contribution in [-0.4, -0.2) is 16.8 Å². The largest absolute Gasteiger partial charge is 0.289 e. The van der Waals surface area contributed by atoms with Crippen LogP contribution in [0.3, 0.4) is 0 Å². The Hall–Kier alpha value is -1.61. The zero-order valence-corrected chi connectivity index (χ0v) is 12.4. The molecule has 0 amide bonds. The maximum atomic E-state index is 12.7. The van der Waals surface area contributed by atoms with Gasteiger partial charge in [-0.2, -0.15) is 0 Å². The molecule has 2 aliphatic rings. The molecule has 1 aromatic carbocycles. The molecule has 1 heterocycles. The number of thioether (sulfide) groups is 1. The van der Waals surface area contributed by atoms with Crippen LogP contribution in [0.1, 0.15) is 47.4 Å². The number of rotatable bonds is 2. The topological polar surface area (TPSA) is 34.1 Å². The number of allylic oxidation sites excluding steroid dienone is 3. The molecule has 0 N–H and O–H groups in total. The monoisotopic (exact) mass is 284 g/mol. The summed E-state index contributed by atoms with van der Waals surface area (Å²) < 4.78 is 0. The van der Waals surface area contributed by atoms with Crippen molar-refractivity contribution in [3.63, 3.8) is 0 Å². The van der Waals surface area contributed by atoms with E-state index in [1.165, 1.54) is 0 Å². The van der Waals surface area contributed by atoms with Gasteiger partial charge < -0.3 is 0 Å². The average Bonchev–Trinajstić information content (AvgIpc) is 2.51. The second kappa shape index (κ2) is 5.06. The number of Topliss-reactive ketones (excluding diaryl/α,β-unsaturated/α-hetero) is 2. The highest BCUT2D eigenvalue weighted by Crippen LogP contribution is 2.43. The van der Waals surface area contributed by atoms with E-state index in [-0.39, 0.29) is 11.6 Å². The van der Waals surface area contributed by atoms with Crippen molar-refractivity contribution in [1.29, 1.82) is 0 Å². The Balaban J connectivity index is 2.18. The Morgan fingerprint density at radius 3 is 2.30 bits per heavy atom. The summed E-state index contributed by atoms with van der Waals surface area (Å²) in [5.41, 5.74) is 2.77. The highest BCUT2D eigenvalue weighted by atomic mass is 32.2. The predicted octanol–water partition coefficient (Wildman–Crippen LogP) is 4.18. The Bertz CT molecular complexity index is 667. The first kappa shape index (κ1) is 13.4. The molecule has 3 heteroatoms. The molecule has 0 aromatic heterocycles. The van der Waals surface area contributed by atoms with E-state index in [1.54, 1.807) is 23.9 Å². The quantitative estimate of drug-likeness (QED) is 0.817. The average molecular weight is 284 g/mol. The van der Waals surface area contributed by atoms with Gasteiger partial charge in [-0.05, 0) is 18.4 Å². The van der Waals surface area contributed by atoms with E-state index < -0.39 is 0 Å². The van der Waals surface area contributed by atoms with Crippen LogP contribution < -0.4 is 0 Å². The Morgan fingerprint density at radius 1 is 1.05 bits per heavy atom. The molecule has 3 rings (SSSR count). The van der Waals surface area contributed by atoms with Crippen molar-refractivity contribution in [1.82, 2.24) is 0 Å². The molecule has 1 aromatic rings. The van der Waals surface area contributed by atoms with Crippen LogP contribution >= 0.6 is 11.8 Å². The maximum absolute atomic E-state index is 12.7. The van der Waals surface area contributed by atoms with Crippen LogP contribution in [0.4, 0.5) is 0 Å². The van der Waals surface area contributed by atoms with Crippen molar-refractivity contribution in [2.45, 2.75) is 31.9 Å². The lowest BCUT2D eigenvalue weighted by molar-refractivity contribution is 0.0982. The zero-order valence-electron chi connectivity index (χ0n) is 11.6. The van der Waals surface area contributed by atoms with E-state index in [9.17, 15) is 9.59 Å². The van der Waals surface area contributed by atoms with Gasteiger partial charge in [-0.3, -0.25) is 9.59 Å². The standard InChI is InChI=1S/C17H16O2S/c1-3-10-9-11(4-2)20-17-14(10)15(18)12-7-5-6-8-13(12)16(17)19/h5-9,11H,3-4H2,1-2H3. The lowest BCUT2D eigenvalue weighted by atomic mass is 9.84. The number of carbonyl (C=O) groups excluding carboxylic acids is 2. The SMILES string of the molecule is CCC1=CC(CC)SC2=C1C(=O)c1ccccc1C2=O. The van der Waals surface area contributed by atoms with Crippen LogP contribution in [0, 0.1) is 0 Å². The van der Waals surface area contributed by atoms with Gasteiger partial charge in [-0.25, -0.2) is 0 Å². The minimum Gasteiger partial charge on any atom is -0.289 e. The predicted molar refractivity (Wildman–Crippen MR) is 82.2 cm³/mol. The summed E-state index contributed by atoms with van der Waals surface area (Å²) in [7, 11) is 0. The number of hydrogen-bond acceptors (Lipinski definition) is 3. The maximum Gasteiger partial charge on any atom is 0.200 e. The first-order valence-electron chi connectivity index (χ1n) is 6.97. The fraction of sp³-hybridized carbons (Fsp3) is 0.294. The van der Waals surface area contributed by atoms with Gasteiger partial charge in [0.1, 0.15) is 0 Å². The van der Waals surface area contributed by atoms with E-state index in [4.69, 9.17) is 0 Å². The second-order valence-electron chi connectivity index (χ2n) is 5.02. The van der Waals surface area contributed by atoms with Crippen LogP contribution in [0.15, 0.2) is 46.4 Å². The van der Waals surface area contributed by atoms with Crippen LogP contribution in [0.2, 0.25) is 0 Å². The van der Waals surface area contributed by atoms with Crippen molar-refractivity contribution in [3.8, 4) is 0 Å². The molecule has 1 aliphatic carbocycles. The number of ketones is 2. The molecule has 1 atom stereocenters. The minimum absolute atomic E-state index is 0.00496. The summed E-state index contributed by atoms with van der Waals surface area (Å²) in [4.78, 5) is 26.0. The number of hydrogen-bond donors (Lipinski definition) is 0. The van der Waals surface area contributed by atoms with Gasteiger partial charge >= 0.3 is 0 Å². The third-order valence-corrected chi connectivity index (χ3v) is 5.23. The number of carbonyl (C=O) groups is 2. The lowest BCUT2D eigenvalue weighted by Gasteiger charge is -2.28. The summed E-state index contributed by atoms with van der Waals surface area (Å²) in [6.07, 6.45) is 3.91.